The molecule has 2 rings (SSSR count). The molecule has 1 heterocycles. The van der Waals surface area contributed by atoms with Crippen LogP contribution in [0.3, 0.4) is 0 Å². The smallest absolute Gasteiger partial charge is 0.209 e. The third-order valence-corrected chi connectivity index (χ3v) is 4.93. The highest BCUT2D eigenvalue weighted by Crippen LogP contribution is 2.38. The number of primary sulfonamides is 1. The Morgan fingerprint density at radius 2 is 2.05 bits per heavy atom. The number of nitrogens with zero attached hydrogens (tertiary/aromatic N) is 1. The molecular formula is C14H22N2O3S. The van der Waals surface area contributed by atoms with E-state index < -0.39 is 10.0 Å². The molecule has 0 spiro atoms. The molecule has 1 aliphatic carbocycles. The van der Waals surface area contributed by atoms with Gasteiger partial charge in [-0.05, 0) is 31.9 Å². The normalized spacial score (nSPS) is 18.7. The number of aryl methyl sites for hydroxylation is 1. The van der Waals surface area contributed by atoms with Crippen LogP contribution in [0.1, 0.15) is 37.8 Å². The molecule has 1 aromatic rings. The first kappa shape index (κ1) is 15.3. The lowest BCUT2D eigenvalue weighted by Gasteiger charge is -2.36. The van der Waals surface area contributed by atoms with Gasteiger partial charge in [0.05, 0.1) is 18.1 Å². The predicted molar refractivity (Wildman–Crippen MR) is 78.0 cm³/mol. The Bertz CT molecular complexity index is 551. The zero-order valence-corrected chi connectivity index (χ0v) is 12.7. The van der Waals surface area contributed by atoms with Gasteiger partial charge in [-0.15, -0.1) is 0 Å². The monoisotopic (exact) mass is 298 g/mol. The maximum absolute atomic E-state index is 11.5. The summed E-state index contributed by atoms with van der Waals surface area (Å²) < 4.78 is 28.8. The highest BCUT2D eigenvalue weighted by Gasteiger charge is 2.36. The second-order valence-corrected chi connectivity index (χ2v) is 7.36. The summed E-state index contributed by atoms with van der Waals surface area (Å²) in [6, 6.07) is 3.67. The topological polar surface area (TPSA) is 82.3 Å². The molecule has 5 nitrogen and oxygen atoms in total. The number of sulfonamides is 1. The summed E-state index contributed by atoms with van der Waals surface area (Å²) in [4.78, 5) is 4.17. The van der Waals surface area contributed by atoms with Crippen LogP contribution >= 0.6 is 0 Å². The van der Waals surface area contributed by atoms with E-state index in [-0.39, 0.29) is 11.2 Å². The van der Waals surface area contributed by atoms with Crippen molar-refractivity contribution in [3.63, 3.8) is 0 Å². The van der Waals surface area contributed by atoms with Crippen LogP contribution in [0.15, 0.2) is 18.3 Å². The molecule has 1 saturated carbocycles. The number of pyridine rings is 1. The van der Waals surface area contributed by atoms with E-state index >= 15 is 0 Å². The van der Waals surface area contributed by atoms with Crippen LogP contribution in [0.25, 0.3) is 0 Å². The first-order valence-corrected chi connectivity index (χ1v) is 8.67. The van der Waals surface area contributed by atoms with Gasteiger partial charge < -0.3 is 4.74 Å². The van der Waals surface area contributed by atoms with Crippen molar-refractivity contribution in [1.82, 2.24) is 4.98 Å². The molecule has 0 bridgehead atoms. The van der Waals surface area contributed by atoms with Gasteiger partial charge in [0.25, 0.3) is 0 Å². The quantitative estimate of drug-likeness (QED) is 0.901. The summed E-state index contributed by atoms with van der Waals surface area (Å²) in [5, 5.41) is 5.25. The lowest BCUT2D eigenvalue weighted by molar-refractivity contribution is 0.118. The van der Waals surface area contributed by atoms with Crippen molar-refractivity contribution >= 4 is 10.0 Å². The number of hydrogen-bond acceptors (Lipinski definition) is 4. The van der Waals surface area contributed by atoms with Gasteiger partial charge in [0.2, 0.25) is 10.0 Å². The summed E-state index contributed by atoms with van der Waals surface area (Å²) in [5.74, 6) is 0.714. The Balaban J connectivity index is 2.10. The molecule has 0 aromatic carbocycles. The number of hydrogen-bond donors (Lipinski definition) is 1. The minimum Gasteiger partial charge on any atom is -0.491 e. The van der Waals surface area contributed by atoms with E-state index in [1.807, 2.05) is 19.1 Å². The highest BCUT2D eigenvalue weighted by atomic mass is 32.2. The molecule has 0 saturated heterocycles. The molecule has 20 heavy (non-hydrogen) atoms. The maximum atomic E-state index is 11.5. The van der Waals surface area contributed by atoms with Gasteiger partial charge in [-0.2, -0.15) is 0 Å². The summed E-state index contributed by atoms with van der Waals surface area (Å²) in [7, 11) is -3.49. The Kier molecular flexibility index (Phi) is 4.65. The molecule has 112 valence electrons. The molecular weight excluding hydrogens is 276 g/mol. The van der Waals surface area contributed by atoms with Gasteiger partial charge >= 0.3 is 0 Å². The maximum Gasteiger partial charge on any atom is 0.209 e. The molecule has 6 heteroatoms. The van der Waals surface area contributed by atoms with Crippen molar-refractivity contribution < 1.29 is 13.2 Å². The van der Waals surface area contributed by atoms with Gasteiger partial charge in [-0.3, -0.25) is 4.98 Å². The number of rotatable bonds is 5. The van der Waals surface area contributed by atoms with Crippen LogP contribution in [0.4, 0.5) is 0 Å². The summed E-state index contributed by atoms with van der Waals surface area (Å²) in [6.45, 7) is 2.26. The van der Waals surface area contributed by atoms with Gasteiger partial charge in [0.15, 0.2) is 0 Å². The van der Waals surface area contributed by atoms with Crippen LogP contribution < -0.4 is 9.88 Å². The highest BCUT2D eigenvalue weighted by molar-refractivity contribution is 7.89. The molecule has 1 aromatic heterocycles. The Morgan fingerprint density at radius 1 is 1.35 bits per heavy atom. The zero-order chi connectivity index (χ0) is 14.6. The molecule has 1 aliphatic rings. The first-order chi connectivity index (χ1) is 9.40. The van der Waals surface area contributed by atoms with Gasteiger partial charge in [0.1, 0.15) is 5.75 Å². The molecule has 0 unspecified atom stereocenters. The minimum atomic E-state index is -3.49. The number of aromatic nitrogens is 1. The van der Waals surface area contributed by atoms with Crippen molar-refractivity contribution in [1.29, 1.82) is 0 Å². The Labute approximate surface area is 120 Å². The fourth-order valence-electron chi connectivity index (χ4n) is 2.91. The summed E-state index contributed by atoms with van der Waals surface area (Å²) in [6.07, 6.45) is 6.63. The van der Waals surface area contributed by atoms with Crippen LogP contribution in [0.5, 0.6) is 5.75 Å². The van der Waals surface area contributed by atoms with E-state index in [1.165, 1.54) is 0 Å². The van der Waals surface area contributed by atoms with Crippen molar-refractivity contribution in [3.8, 4) is 5.75 Å². The van der Waals surface area contributed by atoms with Crippen LogP contribution in [0, 0.1) is 12.3 Å². The van der Waals surface area contributed by atoms with Gasteiger partial charge in [0, 0.05) is 11.6 Å². The van der Waals surface area contributed by atoms with E-state index in [4.69, 9.17) is 9.88 Å². The van der Waals surface area contributed by atoms with Crippen molar-refractivity contribution in [2.45, 2.75) is 39.0 Å². The second-order valence-electron chi connectivity index (χ2n) is 5.74. The zero-order valence-electron chi connectivity index (χ0n) is 11.8. The van der Waals surface area contributed by atoms with Crippen molar-refractivity contribution in [2.75, 3.05) is 12.4 Å². The molecule has 2 N–H and O–H groups in total. The SMILES string of the molecule is Cc1ncccc1OCC1(CS(N)(=O)=O)CCCCC1. The molecule has 0 amide bonds. The van der Waals surface area contributed by atoms with E-state index in [1.54, 1.807) is 6.20 Å². The first-order valence-electron chi connectivity index (χ1n) is 6.95. The Hall–Kier alpha value is -1.14. The lowest BCUT2D eigenvalue weighted by Crippen LogP contribution is -2.40. The van der Waals surface area contributed by atoms with Crippen molar-refractivity contribution in [2.24, 2.45) is 10.6 Å². The average Bonchev–Trinajstić information content (AvgIpc) is 2.37. The molecule has 0 radical (unpaired) electrons. The van der Waals surface area contributed by atoms with Crippen LogP contribution in [0.2, 0.25) is 0 Å². The Morgan fingerprint density at radius 3 is 2.65 bits per heavy atom. The van der Waals surface area contributed by atoms with E-state index in [0.29, 0.717) is 12.4 Å². The van der Waals surface area contributed by atoms with Crippen LogP contribution in [-0.4, -0.2) is 25.8 Å². The lowest BCUT2D eigenvalue weighted by atomic mass is 9.76. The predicted octanol–water partition coefficient (Wildman–Crippen LogP) is 2.01. The molecule has 0 atom stereocenters. The van der Waals surface area contributed by atoms with Gasteiger partial charge in [-0.25, -0.2) is 13.6 Å². The fraction of sp³-hybridized carbons (Fsp3) is 0.643. The summed E-state index contributed by atoms with van der Waals surface area (Å²) in [5.41, 5.74) is 0.461. The third kappa shape index (κ3) is 4.18. The van der Waals surface area contributed by atoms with Crippen LogP contribution in [-0.2, 0) is 10.0 Å². The van der Waals surface area contributed by atoms with E-state index in [0.717, 1.165) is 37.8 Å². The van der Waals surface area contributed by atoms with Crippen molar-refractivity contribution in [3.05, 3.63) is 24.0 Å². The molecule has 0 aliphatic heterocycles. The fourth-order valence-corrected chi connectivity index (χ4v) is 4.14. The largest absolute Gasteiger partial charge is 0.491 e. The third-order valence-electron chi connectivity index (χ3n) is 3.91. The van der Waals surface area contributed by atoms with E-state index in [2.05, 4.69) is 4.98 Å². The van der Waals surface area contributed by atoms with Gasteiger partial charge in [-0.1, -0.05) is 19.3 Å². The number of ether oxygens (including phenoxy) is 1. The molecule has 1 fully saturated rings. The number of nitrogens with two attached hydrogens (primary N) is 1. The van der Waals surface area contributed by atoms with E-state index in [9.17, 15) is 8.42 Å². The second kappa shape index (κ2) is 6.10. The summed E-state index contributed by atoms with van der Waals surface area (Å²) >= 11 is 0. The minimum absolute atomic E-state index is 0.000685. The average molecular weight is 298 g/mol. The standard InChI is InChI=1S/C14H22N2O3S/c1-12-13(6-5-9-16-12)19-10-14(11-20(15,17)18)7-3-2-4-8-14/h5-6,9H,2-4,7-8,10-11H2,1H3,(H2,15,17,18).